The molecule has 1 aromatic heterocycles. The number of aromatic nitrogens is 3. The Morgan fingerprint density at radius 1 is 1.00 bits per heavy atom. The molecule has 0 spiro atoms. The summed E-state index contributed by atoms with van der Waals surface area (Å²) in [6.07, 6.45) is 5.68. The van der Waals surface area contributed by atoms with Crippen molar-refractivity contribution in [1.82, 2.24) is 15.0 Å². The van der Waals surface area contributed by atoms with Gasteiger partial charge in [0.2, 0.25) is 5.95 Å². The third-order valence-corrected chi connectivity index (χ3v) is 4.67. The number of anilines is 2. The van der Waals surface area contributed by atoms with Crippen molar-refractivity contribution in [2.45, 2.75) is 36.5 Å². The quantitative estimate of drug-likeness (QED) is 0.517. The Labute approximate surface area is 141 Å². The third-order valence-electron chi connectivity index (χ3n) is 3.19. The normalized spacial score (nSPS) is 10.7. The van der Waals surface area contributed by atoms with Crippen LogP contribution in [0.3, 0.4) is 0 Å². The van der Waals surface area contributed by atoms with E-state index in [2.05, 4.69) is 34.0 Å². The maximum atomic E-state index is 4.61. The number of nitrogens with zero attached hydrogens (tertiary/aromatic N) is 4. The van der Waals surface area contributed by atoms with E-state index in [1.807, 2.05) is 36.4 Å². The molecule has 0 radical (unpaired) electrons. The molecule has 0 N–H and O–H groups in total. The van der Waals surface area contributed by atoms with E-state index in [1.54, 1.807) is 23.5 Å². The minimum absolute atomic E-state index is 0.698. The van der Waals surface area contributed by atoms with E-state index in [-0.39, 0.29) is 0 Å². The van der Waals surface area contributed by atoms with Crippen LogP contribution in [0.1, 0.15) is 26.2 Å². The summed E-state index contributed by atoms with van der Waals surface area (Å²) in [7, 11) is 1.99. The van der Waals surface area contributed by atoms with E-state index in [0.29, 0.717) is 5.95 Å². The summed E-state index contributed by atoms with van der Waals surface area (Å²) >= 11 is 3.27. The molecule has 0 unspecified atom stereocenters. The summed E-state index contributed by atoms with van der Waals surface area (Å²) < 4.78 is 0. The highest BCUT2D eigenvalue weighted by Crippen LogP contribution is 2.25. The summed E-state index contributed by atoms with van der Waals surface area (Å²) in [5, 5.41) is 1.58. The lowest BCUT2D eigenvalue weighted by atomic mass is 10.3. The van der Waals surface area contributed by atoms with Crippen LogP contribution in [0.5, 0.6) is 0 Å². The van der Waals surface area contributed by atoms with Gasteiger partial charge >= 0.3 is 0 Å². The van der Waals surface area contributed by atoms with Gasteiger partial charge in [0.15, 0.2) is 10.3 Å². The lowest BCUT2D eigenvalue weighted by Crippen LogP contribution is -2.14. The molecular weight excluding hydrogens is 312 g/mol. The predicted octanol–water partition coefficient (Wildman–Crippen LogP) is 4.64. The first kappa shape index (κ1) is 17.1. The Bertz CT molecular complexity index is 578. The van der Waals surface area contributed by atoms with Gasteiger partial charge in [-0.05, 0) is 24.8 Å². The van der Waals surface area contributed by atoms with Crippen molar-refractivity contribution in [3.8, 4) is 0 Å². The van der Waals surface area contributed by atoms with Crippen molar-refractivity contribution in [3.05, 3.63) is 30.3 Å². The van der Waals surface area contributed by atoms with Gasteiger partial charge in [-0.2, -0.15) is 15.0 Å². The second-order valence-electron chi connectivity index (χ2n) is 4.85. The Balaban J connectivity index is 2.16. The van der Waals surface area contributed by atoms with Gasteiger partial charge in [-0.25, -0.2) is 0 Å². The monoisotopic (exact) mass is 334 g/mol. The van der Waals surface area contributed by atoms with Crippen LogP contribution in [0.25, 0.3) is 0 Å². The number of thioether (sulfide) groups is 2. The van der Waals surface area contributed by atoms with Gasteiger partial charge in [0.05, 0.1) is 0 Å². The molecule has 22 heavy (non-hydrogen) atoms. The molecule has 2 aromatic rings. The van der Waals surface area contributed by atoms with Crippen LogP contribution in [0.2, 0.25) is 0 Å². The van der Waals surface area contributed by atoms with Gasteiger partial charge in [-0.3, -0.25) is 0 Å². The van der Waals surface area contributed by atoms with Crippen LogP contribution in [0.15, 0.2) is 40.6 Å². The Morgan fingerprint density at radius 3 is 2.41 bits per heavy atom. The molecule has 2 rings (SSSR count). The Hall–Kier alpha value is -1.27. The maximum absolute atomic E-state index is 4.61. The molecule has 6 heteroatoms. The standard InChI is InChI=1S/C16H22N4S2/c1-4-5-9-12-22-16-18-14(17-15(19-16)21-3)20(2)13-10-7-6-8-11-13/h6-8,10-11H,4-5,9,12H2,1-3H3. The fourth-order valence-corrected chi connectivity index (χ4v) is 3.15. The van der Waals surface area contributed by atoms with Crippen molar-refractivity contribution in [2.24, 2.45) is 0 Å². The van der Waals surface area contributed by atoms with E-state index in [0.717, 1.165) is 21.8 Å². The zero-order valence-corrected chi connectivity index (χ0v) is 15.0. The average Bonchev–Trinajstić information content (AvgIpc) is 2.58. The van der Waals surface area contributed by atoms with Crippen molar-refractivity contribution >= 4 is 35.2 Å². The van der Waals surface area contributed by atoms with Crippen LogP contribution >= 0.6 is 23.5 Å². The van der Waals surface area contributed by atoms with Crippen molar-refractivity contribution < 1.29 is 0 Å². The average molecular weight is 335 g/mol. The zero-order chi connectivity index (χ0) is 15.8. The van der Waals surface area contributed by atoms with Crippen LogP contribution in [0, 0.1) is 0 Å². The first-order valence-corrected chi connectivity index (χ1v) is 9.67. The SMILES string of the molecule is CCCCCSc1nc(SC)nc(N(C)c2ccccc2)n1. The molecule has 0 amide bonds. The fraction of sp³-hybridized carbons (Fsp3) is 0.438. The molecule has 0 saturated heterocycles. The molecule has 1 aromatic carbocycles. The topological polar surface area (TPSA) is 41.9 Å². The highest BCUT2D eigenvalue weighted by atomic mass is 32.2. The number of benzene rings is 1. The third kappa shape index (κ3) is 4.88. The Morgan fingerprint density at radius 2 is 1.73 bits per heavy atom. The summed E-state index contributed by atoms with van der Waals surface area (Å²) in [5.41, 5.74) is 1.07. The van der Waals surface area contributed by atoms with E-state index in [1.165, 1.54) is 19.3 Å². The van der Waals surface area contributed by atoms with Gasteiger partial charge < -0.3 is 4.90 Å². The van der Waals surface area contributed by atoms with Crippen LogP contribution in [-0.2, 0) is 0 Å². The molecule has 0 bridgehead atoms. The number of rotatable bonds is 8. The zero-order valence-electron chi connectivity index (χ0n) is 13.3. The van der Waals surface area contributed by atoms with Crippen molar-refractivity contribution in [1.29, 1.82) is 0 Å². The smallest absolute Gasteiger partial charge is 0.234 e. The molecule has 1 heterocycles. The first-order chi connectivity index (χ1) is 10.7. The second-order valence-corrected chi connectivity index (χ2v) is 6.69. The second kappa shape index (κ2) is 9.00. The van der Waals surface area contributed by atoms with E-state index in [9.17, 15) is 0 Å². The summed E-state index contributed by atoms with van der Waals surface area (Å²) in [6.45, 7) is 2.21. The summed E-state index contributed by atoms with van der Waals surface area (Å²) in [4.78, 5) is 15.6. The van der Waals surface area contributed by atoms with Gasteiger partial charge in [0, 0.05) is 18.5 Å². The lowest BCUT2D eigenvalue weighted by Gasteiger charge is -2.17. The minimum atomic E-state index is 0.698. The van der Waals surface area contributed by atoms with Crippen LogP contribution in [-0.4, -0.2) is 34.0 Å². The molecule has 118 valence electrons. The molecule has 0 fully saturated rings. The van der Waals surface area contributed by atoms with Crippen LogP contribution in [0.4, 0.5) is 11.6 Å². The maximum Gasteiger partial charge on any atom is 0.234 e. The molecule has 4 nitrogen and oxygen atoms in total. The Kier molecular flexibility index (Phi) is 6.99. The van der Waals surface area contributed by atoms with Crippen LogP contribution < -0.4 is 4.90 Å². The predicted molar refractivity (Wildman–Crippen MR) is 96.4 cm³/mol. The van der Waals surface area contributed by atoms with Gasteiger partial charge in [-0.1, -0.05) is 61.5 Å². The van der Waals surface area contributed by atoms with Gasteiger partial charge in [0.1, 0.15) is 0 Å². The number of hydrogen-bond donors (Lipinski definition) is 0. The number of unbranched alkanes of at least 4 members (excludes halogenated alkanes) is 2. The summed E-state index contributed by atoms with van der Waals surface area (Å²) in [5.74, 6) is 1.75. The molecule has 0 aliphatic carbocycles. The lowest BCUT2D eigenvalue weighted by molar-refractivity contribution is 0.768. The van der Waals surface area contributed by atoms with Crippen molar-refractivity contribution in [3.63, 3.8) is 0 Å². The highest BCUT2D eigenvalue weighted by Gasteiger charge is 2.11. The first-order valence-electron chi connectivity index (χ1n) is 7.46. The molecule has 0 aliphatic heterocycles. The van der Waals surface area contributed by atoms with Gasteiger partial charge in [0.25, 0.3) is 0 Å². The molecule has 0 saturated carbocycles. The van der Waals surface area contributed by atoms with E-state index in [4.69, 9.17) is 0 Å². The van der Waals surface area contributed by atoms with Gasteiger partial charge in [-0.15, -0.1) is 0 Å². The largest absolute Gasteiger partial charge is 0.313 e. The van der Waals surface area contributed by atoms with E-state index >= 15 is 0 Å². The molecular formula is C16H22N4S2. The number of hydrogen-bond acceptors (Lipinski definition) is 6. The number of para-hydroxylation sites is 1. The van der Waals surface area contributed by atoms with E-state index < -0.39 is 0 Å². The van der Waals surface area contributed by atoms with Crippen molar-refractivity contribution in [2.75, 3.05) is 24.0 Å². The minimum Gasteiger partial charge on any atom is -0.313 e. The molecule has 0 atom stereocenters. The molecule has 0 aliphatic rings. The highest BCUT2D eigenvalue weighted by molar-refractivity contribution is 7.99. The summed E-state index contributed by atoms with van der Waals surface area (Å²) in [6, 6.07) is 10.1. The fourth-order valence-electron chi connectivity index (χ4n) is 1.92.